The number of rotatable bonds is 2. The van der Waals surface area contributed by atoms with E-state index in [1.54, 1.807) is 30.3 Å². The molecule has 6 heteroatoms. The van der Waals surface area contributed by atoms with Crippen molar-refractivity contribution in [2.75, 3.05) is 0 Å². The molecule has 86 valence electrons. The summed E-state index contributed by atoms with van der Waals surface area (Å²) >= 11 is 0. The van der Waals surface area contributed by atoms with Crippen LogP contribution in [0.3, 0.4) is 0 Å². The van der Waals surface area contributed by atoms with Crippen molar-refractivity contribution in [3.05, 3.63) is 52.4 Å². The van der Waals surface area contributed by atoms with Crippen molar-refractivity contribution in [1.29, 1.82) is 0 Å². The summed E-state index contributed by atoms with van der Waals surface area (Å²) in [6.07, 6.45) is 0. The maximum absolute atomic E-state index is 11.6. The van der Waals surface area contributed by atoms with Crippen LogP contribution in [-0.4, -0.2) is 26.0 Å². The van der Waals surface area contributed by atoms with Crippen molar-refractivity contribution in [1.82, 2.24) is 9.78 Å². The number of para-hydroxylation sites is 1. The van der Waals surface area contributed by atoms with E-state index in [9.17, 15) is 14.7 Å². The van der Waals surface area contributed by atoms with Crippen molar-refractivity contribution in [2.24, 2.45) is 0 Å². The van der Waals surface area contributed by atoms with Gasteiger partial charge in [0.1, 0.15) is 0 Å². The Morgan fingerprint density at radius 2 is 1.88 bits per heavy atom. The molecule has 2 rings (SSSR count). The molecule has 0 amide bonds. The fourth-order valence-corrected chi connectivity index (χ4v) is 1.33. The summed E-state index contributed by atoms with van der Waals surface area (Å²) in [5.74, 6) is -1.97. The van der Waals surface area contributed by atoms with Gasteiger partial charge in [-0.1, -0.05) is 18.2 Å². The second-order valence-corrected chi connectivity index (χ2v) is 3.27. The Labute approximate surface area is 95.4 Å². The lowest BCUT2D eigenvalue weighted by Crippen LogP contribution is -2.23. The number of nitrogens with zero attached hydrogens (tertiary/aromatic N) is 2. The summed E-state index contributed by atoms with van der Waals surface area (Å²) in [5.41, 5.74) is -0.775. The van der Waals surface area contributed by atoms with Gasteiger partial charge in [0, 0.05) is 6.07 Å². The standard InChI is InChI=1S/C11H8N2O4/c14-9-6-8(11(16)17)12-13(10(9)15)7-4-2-1-3-5-7/h1-6,14H,(H,16,17). The Kier molecular flexibility index (Phi) is 2.61. The van der Waals surface area contributed by atoms with Crippen LogP contribution in [0.1, 0.15) is 10.5 Å². The minimum Gasteiger partial charge on any atom is -0.503 e. The number of hydrogen-bond acceptors (Lipinski definition) is 4. The number of aromatic carboxylic acids is 1. The lowest BCUT2D eigenvalue weighted by atomic mass is 10.3. The van der Waals surface area contributed by atoms with Gasteiger partial charge >= 0.3 is 11.5 Å². The van der Waals surface area contributed by atoms with Crippen molar-refractivity contribution < 1.29 is 15.0 Å². The summed E-state index contributed by atoms with van der Waals surface area (Å²) in [6, 6.07) is 9.08. The van der Waals surface area contributed by atoms with E-state index >= 15 is 0 Å². The minimum atomic E-state index is -1.31. The van der Waals surface area contributed by atoms with Gasteiger partial charge in [0.2, 0.25) is 0 Å². The molecule has 6 nitrogen and oxygen atoms in total. The molecular weight excluding hydrogens is 224 g/mol. The highest BCUT2D eigenvalue weighted by Crippen LogP contribution is 2.07. The minimum absolute atomic E-state index is 0.385. The zero-order valence-electron chi connectivity index (χ0n) is 8.57. The number of hydrogen-bond donors (Lipinski definition) is 2. The summed E-state index contributed by atoms with van der Waals surface area (Å²) in [7, 11) is 0. The molecule has 2 aromatic rings. The van der Waals surface area contributed by atoms with E-state index in [-0.39, 0.29) is 0 Å². The SMILES string of the molecule is O=C(O)c1cc(O)c(=O)n(-c2ccccc2)n1. The molecule has 0 unspecified atom stereocenters. The molecule has 2 N–H and O–H groups in total. The third-order valence-corrected chi connectivity index (χ3v) is 2.11. The highest BCUT2D eigenvalue weighted by Gasteiger charge is 2.13. The summed E-state index contributed by atoms with van der Waals surface area (Å²) in [5, 5.41) is 21.8. The van der Waals surface area contributed by atoms with Gasteiger partial charge in [-0.2, -0.15) is 9.78 Å². The Balaban J connectivity index is 2.70. The monoisotopic (exact) mass is 232 g/mol. The predicted molar refractivity (Wildman–Crippen MR) is 58.5 cm³/mol. The van der Waals surface area contributed by atoms with Gasteiger partial charge in [0.25, 0.3) is 0 Å². The average molecular weight is 232 g/mol. The molecule has 1 aromatic carbocycles. The average Bonchev–Trinajstić information content (AvgIpc) is 2.33. The van der Waals surface area contributed by atoms with E-state index < -0.39 is 23.0 Å². The Morgan fingerprint density at radius 3 is 2.47 bits per heavy atom. The molecule has 0 bridgehead atoms. The highest BCUT2D eigenvalue weighted by molar-refractivity contribution is 5.85. The Hall–Kier alpha value is -2.63. The number of aromatic nitrogens is 2. The zero-order valence-corrected chi connectivity index (χ0v) is 8.57. The first kappa shape index (κ1) is 10.9. The molecule has 1 heterocycles. The molecule has 0 atom stereocenters. The van der Waals surface area contributed by atoms with Crippen molar-refractivity contribution >= 4 is 5.97 Å². The van der Waals surface area contributed by atoms with E-state index in [2.05, 4.69) is 5.10 Å². The van der Waals surface area contributed by atoms with Gasteiger partial charge in [-0.05, 0) is 12.1 Å². The van der Waals surface area contributed by atoms with Crippen LogP contribution in [-0.2, 0) is 0 Å². The van der Waals surface area contributed by atoms with Gasteiger partial charge in [0.05, 0.1) is 5.69 Å². The van der Waals surface area contributed by atoms with Gasteiger partial charge < -0.3 is 10.2 Å². The van der Waals surface area contributed by atoms with E-state index in [0.29, 0.717) is 5.69 Å². The van der Waals surface area contributed by atoms with Crippen molar-refractivity contribution in [3.8, 4) is 11.4 Å². The van der Waals surface area contributed by atoms with Crippen molar-refractivity contribution in [2.45, 2.75) is 0 Å². The van der Waals surface area contributed by atoms with Gasteiger partial charge in [-0.15, -0.1) is 0 Å². The second-order valence-electron chi connectivity index (χ2n) is 3.27. The Bertz CT molecular complexity index is 619. The first-order chi connectivity index (χ1) is 8.09. The molecule has 0 aliphatic heterocycles. The number of carboxylic acid groups (broad SMARTS) is 1. The summed E-state index contributed by atoms with van der Waals surface area (Å²) in [6.45, 7) is 0. The number of carboxylic acids is 1. The first-order valence-electron chi connectivity index (χ1n) is 4.71. The molecule has 0 aliphatic rings. The first-order valence-corrected chi connectivity index (χ1v) is 4.71. The number of benzene rings is 1. The van der Waals surface area contributed by atoms with E-state index in [1.165, 1.54) is 0 Å². The fourth-order valence-electron chi connectivity index (χ4n) is 1.33. The quantitative estimate of drug-likeness (QED) is 0.792. The van der Waals surface area contributed by atoms with Gasteiger partial charge in [0.15, 0.2) is 11.4 Å². The predicted octanol–water partition coefficient (Wildman–Crippen LogP) is 0.636. The van der Waals surface area contributed by atoms with E-state index in [1.807, 2.05) is 0 Å². The topological polar surface area (TPSA) is 92.4 Å². The largest absolute Gasteiger partial charge is 0.503 e. The van der Waals surface area contributed by atoms with Gasteiger partial charge in [-0.3, -0.25) is 4.79 Å². The smallest absolute Gasteiger partial charge is 0.356 e. The highest BCUT2D eigenvalue weighted by atomic mass is 16.4. The molecule has 0 fully saturated rings. The van der Waals surface area contributed by atoms with Crippen LogP contribution in [0.2, 0.25) is 0 Å². The zero-order chi connectivity index (χ0) is 12.4. The molecule has 0 aliphatic carbocycles. The lowest BCUT2D eigenvalue weighted by molar-refractivity contribution is 0.0687. The molecule has 1 aromatic heterocycles. The maximum Gasteiger partial charge on any atom is 0.356 e. The van der Waals surface area contributed by atoms with Crippen LogP contribution >= 0.6 is 0 Å². The van der Waals surface area contributed by atoms with Crippen molar-refractivity contribution in [3.63, 3.8) is 0 Å². The van der Waals surface area contributed by atoms with Gasteiger partial charge in [-0.25, -0.2) is 4.79 Å². The molecule has 0 saturated carbocycles. The molecule has 0 radical (unpaired) electrons. The van der Waals surface area contributed by atoms with E-state index in [0.717, 1.165) is 10.7 Å². The van der Waals surface area contributed by atoms with Crippen LogP contribution in [0, 0.1) is 0 Å². The third-order valence-electron chi connectivity index (χ3n) is 2.11. The molecular formula is C11H8N2O4. The molecule has 17 heavy (non-hydrogen) atoms. The number of carbonyl (C=O) groups is 1. The lowest BCUT2D eigenvalue weighted by Gasteiger charge is -2.05. The number of aromatic hydroxyl groups is 1. The molecule has 0 spiro atoms. The van der Waals surface area contributed by atoms with Crippen LogP contribution in [0.5, 0.6) is 5.75 Å². The Morgan fingerprint density at radius 1 is 1.24 bits per heavy atom. The fraction of sp³-hybridized carbons (Fsp3) is 0. The second kappa shape index (κ2) is 4.09. The third kappa shape index (κ3) is 2.00. The van der Waals surface area contributed by atoms with Crippen LogP contribution in [0.4, 0.5) is 0 Å². The van der Waals surface area contributed by atoms with Crippen LogP contribution in [0.15, 0.2) is 41.2 Å². The summed E-state index contributed by atoms with van der Waals surface area (Å²) in [4.78, 5) is 22.4. The normalized spacial score (nSPS) is 10.1. The van der Waals surface area contributed by atoms with Crippen LogP contribution < -0.4 is 5.56 Å². The summed E-state index contributed by atoms with van der Waals surface area (Å²) < 4.78 is 0.846. The molecule has 0 saturated heterocycles. The van der Waals surface area contributed by atoms with E-state index in [4.69, 9.17) is 5.11 Å². The van der Waals surface area contributed by atoms with Crippen LogP contribution in [0.25, 0.3) is 5.69 Å². The maximum atomic E-state index is 11.6.